The summed E-state index contributed by atoms with van der Waals surface area (Å²) in [5, 5.41) is 0.757. The smallest absolute Gasteiger partial charge is 0.239 e. The van der Waals surface area contributed by atoms with Crippen molar-refractivity contribution in [3.63, 3.8) is 0 Å². The third-order valence-corrected chi connectivity index (χ3v) is 6.44. The Morgan fingerprint density at radius 2 is 1.48 bits per heavy atom. The van der Waals surface area contributed by atoms with Gasteiger partial charge in [-0.25, -0.2) is 4.48 Å². The molecule has 0 spiro atoms. The highest BCUT2D eigenvalue weighted by atomic mass is 35.5. The topological polar surface area (TPSA) is 58.3 Å². The Morgan fingerprint density at radius 3 is 2.13 bits per heavy atom. The number of aromatic nitrogens is 2. The fourth-order valence-electron chi connectivity index (χ4n) is 3.89. The predicted molar refractivity (Wildman–Crippen MR) is 132 cm³/mol. The number of nitrogens with zero attached hydrogens (tertiary/aromatic N) is 5. The highest BCUT2D eigenvalue weighted by molar-refractivity contribution is 6.30. The van der Waals surface area contributed by atoms with E-state index in [9.17, 15) is 0 Å². The molecule has 0 radical (unpaired) electrons. The molecular formula is C24H30ClN6+. The lowest BCUT2D eigenvalue weighted by Crippen LogP contribution is -2.47. The van der Waals surface area contributed by atoms with Crippen molar-refractivity contribution < 1.29 is 0 Å². The van der Waals surface area contributed by atoms with E-state index >= 15 is 0 Å². The first kappa shape index (κ1) is 21.4. The Labute approximate surface area is 189 Å². The molecule has 4 rings (SSSR count). The summed E-state index contributed by atoms with van der Waals surface area (Å²) in [6, 6.07) is 16.4. The van der Waals surface area contributed by atoms with Gasteiger partial charge in [0.25, 0.3) is 0 Å². The largest absolute Gasteiger partial charge is 0.383 e. The van der Waals surface area contributed by atoms with Crippen molar-refractivity contribution >= 4 is 40.6 Å². The summed E-state index contributed by atoms with van der Waals surface area (Å²) in [5.74, 6) is 2.07. The zero-order chi connectivity index (χ0) is 22.2. The van der Waals surface area contributed by atoms with Crippen molar-refractivity contribution in [1.82, 2.24) is 14.5 Å². The van der Waals surface area contributed by atoms with Gasteiger partial charge in [-0.1, -0.05) is 17.7 Å². The lowest BCUT2D eigenvalue weighted by molar-refractivity contribution is 0.536. The highest BCUT2D eigenvalue weighted by Crippen LogP contribution is 2.32. The summed E-state index contributed by atoms with van der Waals surface area (Å²) in [6.07, 6.45) is 0. The molecule has 2 N–H and O–H groups in total. The first-order valence-electron chi connectivity index (χ1n) is 10.6. The van der Waals surface area contributed by atoms with E-state index in [2.05, 4.69) is 73.1 Å². The summed E-state index contributed by atoms with van der Waals surface area (Å²) in [4.78, 5) is 14.1. The average molecular weight is 438 g/mol. The van der Waals surface area contributed by atoms with Gasteiger partial charge in [0.2, 0.25) is 11.8 Å². The molecule has 0 unspecified atom stereocenters. The van der Waals surface area contributed by atoms with Crippen LogP contribution in [0.4, 0.5) is 29.0 Å². The molecule has 1 fully saturated rings. The van der Waals surface area contributed by atoms with Crippen LogP contribution in [0, 0.1) is 13.8 Å². The summed E-state index contributed by atoms with van der Waals surface area (Å²) in [6.45, 7) is 7.72. The lowest BCUT2D eigenvalue weighted by Gasteiger charge is -2.36. The zero-order valence-electron chi connectivity index (χ0n) is 18.6. The van der Waals surface area contributed by atoms with E-state index in [1.165, 1.54) is 22.5 Å². The summed E-state index contributed by atoms with van der Waals surface area (Å²) in [7, 11) is 4.27. The Kier molecular flexibility index (Phi) is 5.77. The second-order valence-corrected chi connectivity index (χ2v) is 9.06. The number of hydrogen-bond acceptors (Lipinski definition) is 5. The number of piperazine rings is 1. The summed E-state index contributed by atoms with van der Waals surface area (Å²) in [5.41, 5.74) is 11.1. The Hall–Kier alpha value is -2.83. The molecule has 1 aliphatic rings. The van der Waals surface area contributed by atoms with Gasteiger partial charge >= 0.3 is 0 Å². The van der Waals surface area contributed by atoms with Crippen LogP contribution in [-0.4, -0.2) is 50.2 Å². The highest BCUT2D eigenvalue weighted by Gasteiger charge is 2.28. The van der Waals surface area contributed by atoms with Crippen molar-refractivity contribution in [3.8, 4) is 0 Å². The third-order valence-electron chi connectivity index (χ3n) is 6.18. The van der Waals surface area contributed by atoms with Crippen LogP contribution in [0.5, 0.6) is 0 Å². The number of anilines is 3. The van der Waals surface area contributed by atoms with Crippen LogP contribution in [0.3, 0.4) is 0 Å². The first-order chi connectivity index (χ1) is 14.7. The van der Waals surface area contributed by atoms with Gasteiger partial charge in [-0.2, -0.15) is 9.97 Å². The molecule has 1 aromatic heterocycles. The molecular weight excluding hydrogens is 408 g/mol. The predicted octanol–water partition coefficient (Wildman–Crippen LogP) is 4.55. The molecule has 0 amide bonds. The third kappa shape index (κ3) is 4.45. The van der Waals surface area contributed by atoms with Gasteiger partial charge in [-0.3, -0.25) is 0 Å². The van der Waals surface area contributed by atoms with E-state index in [0.29, 0.717) is 16.2 Å². The van der Waals surface area contributed by atoms with Crippen LogP contribution in [-0.2, 0) is 0 Å². The van der Waals surface area contributed by atoms with E-state index in [0.717, 1.165) is 37.0 Å². The van der Waals surface area contributed by atoms with Crippen molar-refractivity contribution in [3.05, 3.63) is 64.7 Å². The number of hydrogen-bond donors (Lipinski definition) is 1. The van der Waals surface area contributed by atoms with Crippen molar-refractivity contribution in [2.75, 3.05) is 55.8 Å². The van der Waals surface area contributed by atoms with Crippen LogP contribution >= 0.6 is 11.6 Å². The average Bonchev–Trinajstić information content (AvgIpc) is 2.76. The van der Waals surface area contributed by atoms with Crippen LogP contribution in [0.2, 0.25) is 5.02 Å². The second kappa shape index (κ2) is 8.36. The number of benzene rings is 2. The van der Waals surface area contributed by atoms with Crippen molar-refractivity contribution in [2.24, 2.45) is 0 Å². The quantitative estimate of drug-likeness (QED) is 0.606. The maximum atomic E-state index is 6.22. The Bertz CT molecular complexity index is 1070. The molecule has 3 aromatic rings. The molecule has 7 heteroatoms. The standard InChI is InChI=1S/C24H30ClN6/c1-17-5-10-21(15-18(17)2)31(3,4)23-16-22(26)27-24(28-23)30-13-11-29(12-14-30)20-8-6-19(25)7-9-20/h5-10,15-16H,11-14H2,1-4H3,(H2,26,27,28)/q+1. The van der Waals surface area contributed by atoms with Gasteiger partial charge in [0.15, 0.2) is 0 Å². The van der Waals surface area contributed by atoms with Crippen LogP contribution in [0.1, 0.15) is 11.1 Å². The molecule has 0 bridgehead atoms. The van der Waals surface area contributed by atoms with Gasteiger partial charge in [0.1, 0.15) is 11.5 Å². The fraction of sp³-hybridized carbons (Fsp3) is 0.333. The zero-order valence-corrected chi connectivity index (χ0v) is 19.4. The number of quaternary nitrogens is 1. The monoisotopic (exact) mass is 437 g/mol. The fourth-order valence-corrected chi connectivity index (χ4v) is 4.02. The minimum atomic E-state index is 0.496. The van der Waals surface area contributed by atoms with Gasteiger partial charge in [-0.05, 0) is 55.3 Å². The van der Waals surface area contributed by atoms with E-state index < -0.39 is 0 Å². The minimum Gasteiger partial charge on any atom is -0.383 e. The molecule has 162 valence electrons. The van der Waals surface area contributed by atoms with Gasteiger partial charge in [0.05, 0.1) is 20.2 Å². The first-order valence-corrected chi connectivity index (χ1v) is 10.9. The molecule has 0 atom stereocenters. The van der Waals surface area contributed by atoms with Crippen LogP contribution in [0.25, 0.3) is 0 Å². The molecule has 0 aliphatic carbocycles. The Morgan fingerprint density at radius 1 is 0.839 bits per heavy atom. The molecule has 2 aromatic carbocycles. The maximum absolute atomic E-state index is 6.22. The van der Waals surface area contributed by atoms with Crippen molar-refractivity contribution in [1.29, 1.82) is 0 Å². The van der Waals surface area contributed by atoms with Gasteiger partial charge in [0, 0.05) is 43.0 Å². The van der Waals surface area contributed by atoms with E-state index in [1.807, 2.05) is 18.2 Å². The molecule has 1 saturated heterocycles. The van der Waals surface area contributed by atoms with E-state index in [1.54, 1.807) is 0 Å². The molecule has 6 nitrogen and oxygen atoms in total. The van der Waals surface area contributed by atoms with Crippen LogP contribution < -0.4 is 20.0 Å². The summed E-state index contributed by atoms with van der Waals surface area (Å²) >= 11 is 6.02. The van der Waals surface area contributed by atoms with Gasteiger partial charge < -0.3 is 15.5 Å². The molecule has 0 saturated carbocycles. The molecule has 31 heavy (non-hydrogen) atoms. The van der Waals surface area contributed by atoms with Crippen LogP contribution in [0.15, 0.2) is 48.5 Å². The SMILES string of the molecule is Cc1ccc([N+](C)(C)c2cc(N)nc(N3CCN(c4ccc(Cl)cc4)CC3)n2)cc1C. The van der Waals surface area contributed by atoms with Gasteiger partial charge in [-0.15, -0.1) is 0 Å². The number of aryl methyl sites for hydroxylation is 2. The number of rotatable bonds is 4. The minimum absolute atomic E-state index is 0.496. The van der Waals surface area contributed by atoms with Crippen molar-refractivity contribution in [2.45, 2.75) is 13.8 Å². The maximum Gasteiger partial charge on any atom is 0.239 e. The Balaban J connectivity index is 1.55. The number of nitrogen functional groups attached to an aromatic ring is 1. The normalized spacial score (nSPS) is 14.7. The number of nitrogens with two attached hydrogens (primary N) is 1. The number of halogens is 1. The molecule has 1 aliphatic heterocycles. The van der Waals surface area contributed by atoms with E-state index in [-0.39, 0.29) is 0 Å². The van der Waals surface area contributed by atoms with E-state index in [4.69, 9.17) is 22.3 Å². The molecule has 2 heterocycles. The summed E-state index contributed by atoms with van der Waals surface area (Å²) < 4.78 is 0.506. The lowest BCUT2D eigenvalue weighted by atomic mass is 10.1. The second-order valence-electron chi connectivity index (χ2n) is 8.62.